The van der Waals surface area contributed by atoms with Crippen molar-refractivity contribution in [2.24, 2.45) is 0 Å². The molecule has 0 bridgehead atoms. The average Bonchev–Trinajstić information content (AvgIpc) is 2.79. The molecule has 0 aliphatic carbocycles. The largest absolute Gasteiger partial charge is 0.306 e. The van der Waals surface area contributed by atoms with E-state index in [9.17, 15) is 4.39 Å². The van der Waals surface area contributed by atoms with E-state index in [1.54, 1.807) is 12.1 Å². The maximum absolute atomic E-state index is 13.2. The van der Waals surface area contributed by atoms with Gasteiger partial charge < -0.3 is 5.32 Å². The first-order valence-electron chi connectivity index (χ1n) is 6.09. The molecule has 2 rings (SSSR count). The van der Waals surface area contributed by atoms with E-state index in [1.165, 1.54) is 6.07 Å². The summed E-state index contributed by atoms with van der Waals surface area (Å²) in [5.74, 6) is -0.142. The lowest BCUT2D eigenvalue weighted by Gasteiger charge is -2.30. The highest BCUT2D eigenvalue weighted by atomic mass is 32.2. The van der Waals surface area contributed by atoms with Crippen LogP contribution in [0.3, 0.4) is 0 Å². The summed E-state index contributed by atoms with van der Waals surface area (Å²) in [6.07, 6.45) is 4.41. The smallest absolute Gasteiger partial charge is 0.123 e. The summed E-state index contributed by atoms with van der Waals surface area (Å²) in [5, 5.41) is 3.64. The van der Waals surface area contributed by atoms with Crippen LogP contribution in [0.15, 0.2) is 24.3 Å². The van der Waals surface area contributed by atoms with Gasteiger partial charge in [-0.2, -0.15) is 11.8 Å². The molecule has 1 aliphatic heterocycles. The van der Waals surface area contributed by atoms with Gasteiger partial charge in [0.2, 0.25) is 0 Å². The Morgan fingerprint density at radius 1 is 1.35 bits per heavy atom. The minimum absolute atomic E-state index is 0.142. The molecule has 1 aromatic carbocycles. The molecule has 1 fully saturated rings. The topological polar surface area (TPSA) is 12.0 Å². The number of benzene rings is 1. The number of nitrogens with one attached hydrogen (secondary N) is 1. The van der Waals surface area contributed by atoms with Gasteiger partial charge >= 0.3 is 0 Å². The Labute approximate surface area is 107 Å². The molecule has 94 valence electrons. The molecule has 0 amide bonds. The van der Waals surface area contributed by atoms with Gasteiger partial charge in [0.05, 0.1) is 0 Å². The Kier molecular flexibility index (Phi) is 3.79. The van der Waals surface area contributed by atoms with Crippen molar-refractivity contribution < 1.29 is 4.39 Å². The van der Waals surface area contributed by atoms with E-state index in [4.69, 9.17) is 0 Å². The fourth-order valence-electron chi connectivity index (χ4n) is 2.42. The number of halogens is 1. The Bertz CT molecular complexity index is 392. The van der Waals surface area contributed by atoms with Crippen molar-refractivity contribution >= 4 is 11.8 Å². The molecule has 1 heterocycles. The molecule has 2 atom stereocenters. The van der Waals surface area contributed by atoms with Gasteiger partial charge in [-0.15, -0.1) is 0 Å². The van der Waals surface area contributed by atoms with E-state index in [2.05, 4.69) is 25.4 Å². The molecule has 0 unspecified atom stereocenters. The predicted molar refractivity (Wildman–Crippen MR) is 72.9 cm³/mol. The molecule has 17 heavy (non-hydrogen) atoms. The number of hydrogen-bond donors (Lipinski definition) is 1. The Morgan fingerprint density at radius 3 is 2.76 bits per heavy atom. The molecule has 0 radical (unpaired) electrons. The molecular weight excluding hydrogens is 233 g/mol. The van der Waals surface area contributed by atoms with Gasteiger partial charge in [-0.1, -0.05) is 12.1 Å². The first-order valence-corrected chi connectivity index (χ1v) is 7.32. The van der Waals surface area contributed by atoms with Crippen LogP contribution in [0.1, 0.15) is 38.3 Å². The molecule has 1 N–H and O–H groups in total. The van der Waals surface area contributed by atoms with Crippen molar-refractivity contribution in [3.8, 4) is 0 Å². The van der Waals surface area contributed by atoms with Crippen LogP contribution in [0, 0.1) is 5.82 Å². The molecule has 1 saturated heterocycles. The van der Waals surface area contributed by atoms with Gasteiger partial charge in [0.25, 0.3) is 0 Å². The van der Waals surface area contributed by atoms with Gasteiger partial charge in [-0.3, -0.25) is 0 Å². The molecule has 0 spiro atoms. The van der Waals surface area contributed by atoms with Crippen LogP contribution in [0.2, 0.25) is 0 Å². The van der Waals surface area contributed by atoms with Gasteiger partial charge in [-0.25, -0.2) is 4.39 Å². The lowest BCUT2D eigenvalue weighted by Crippen LogP contribution is -2.40. The van der Waals surface area contributed by atoms with Crippen LogP contribution in [0.5, 0.6) is 0 Å². The first kappa shape index (κ1) is 12.9. The first-order chi connectivity index (χ1) is 8.03. The van der Waals surface area contributed by atoms with Gasteiger partial charge in [0, 0.05) is 16.8 Å². The highest BCUT2D eigenvalue weighted by Gasteiger charge is 2.35. The molecule has 1 nitrogen and oxygen atoms in total. The van der Waals surface area contributed by atoms with Gasteiger partial charge in [0.1, 0.15) is 5.82 Å². The van der Waals surface area contributed by atoms with E-state index in [0.717, 1.165) is 18.4 Å². The summed E-state index contributed by atoms with van der Waals surface area (Å²) < 4.78 is 13.4. The molecule has 1 aromatic rings. The Balaban J connectivity index is 2.08. The van der Waals surface area contributed by atoms with Gasteiger partial charge in [0.15, 0.2) is 0 Å². The van der Waals surface area contributed by atoms with Crippen molar-refractivity contribution in [3.63, 3.8) is 0 Å². The normalized spacial score (nSPS) is 25.2. The third-order valence-corrected chi connectivity index (χ3v) is 5.10. The highest BCUT2D eigenvalue weighted by molar-refractivity contribution is 8.00. The van der Waals surface area contributed by atoms with Gasteiger partial charge in [-0.05, 0) is 50.6 Å². The molecule has 0 aromatic heterocycles. The molecular formula is C14H20FNS. The zero-order valence-corrected chi connectivity index (χ0v) is 11.5. The van der Waals surface area contributed by atoms with E-state index >= 15 is 0 Å². The Hall–Kier alpha value is -0.540. The molecule has 0 saturated carbocycles. The van der Waals surface area contributed by atoms with Crippen LogP contribution >= 0.6 is 11.8 Å². The summed E-state index contributed by atoms with van der Waals surface area (Å²) in [6.45, 7) is 4.53. The molecule has 1 aliphatic rings. The minimum Gasteiger partial charge on any atom is -0.306 e. The minimum atomic E-state index is -0.142. The second-order valence-corrected chi connectivity index (χ2v) is 6.67. The van der Waals surface area contributed by atoms with Crippen LogP contribution in [0.25, 0.3) is 0 Å². The van der Waals surface area contributed by atoms with Crippen LogP contribution in [0.4, 0.5) is 4.39 Å². The van der Waals surface area contributed by atoms with Crippen molar-refractivity contribution in [1.82, 2.24) is 5.32 Å². The summed E-state index contributed by atoms with van der Waals surface area (Å²) in [5.41, 5.74) is 1.07. The summed E-state index contributed by atoms with van der Waals surface area (Å²) in [7, 11) is 0. The van der Waals surface area contributed by atoms with Crippen LogP contribution in [-0.4, -0.2) is 17.0 Å². The van der Waals surface area contributed by atoms with E-state index in [1.807, 2.05) is 17.8 Å². The lowest BCUT2D eigenvalue weighted by molar-refractivity contribution is 0.467. The number of hydrogen-bond acceptors (Lipinski definition) is 2. The lowest BCUT2D eigenvalue weighted by atomic mass is 10.0. The van der Waals surface area contributed by atoms with Crippen LogP contribution < -0.4 is 5.32 Å². The van der Waals surface area contributed by atoms with E-state index < -0.39 is 0 Å². The second kappa shape index (κ2) is 4.99. The van der Waals surface area contributed by atoms with Crippen molar-refractivity contribution in [3.05, 3.63) is 35.6 Å². The predicted octanol–water partition coefficient (Wildman–Crippen LogP) is 3.76. The number of rotatable bonds is 3. The summed E-state index contributed by atoms with van der Waals surface area (Å²) >= 11 is 1.89. The number of thioether (sulfide) groups is 1. The molecule has 3 heteroatoms. The second-order valence-electron chi connectivity index (χ2n) is 5.21. The maximum Gasteiger partial charge on any atom is 0.123 e. The Morgan fingerprint density at radius 2 is 2.12 bits per heavy atom. The monoisotopic (exact) mass is 253 g/mol. The van der Waals surface area contributed by atoms with Crippen molar-refractivity contribution in [2.45, 2.75) is 43.5 Å². The van der Waals surface area contributed by atoms with Crippen molar-refractivity contribution in [2.75, 3.05) is 6.26 Å². The fourth-order valence-corrected chi connectivity index (χ4v) is 2.89. The van der Waals surface area contributed by atoms with E-state index in [-0.39, 0.29) is 10.6 Å². The third-order valence-electron chi connectivity index (χ3n) is 3.76. The third kappa shape index (κ3) is 2.83. The zero-order chi connectivity index (χ0) is 12.5. The highest BCUT2D eigenvalue weighted by Crippen LogP contribution is 2.36. The summed E-state index contributed by atoms with van der Waals surface area (Å²) in [4.78, 5) is 0. The standard InChI is InChI=1S/C14H20FNS/c1-14(2,17-3)13-8-7-12(16-13)10-5-4-6-11(15)9-10/h4-6,9,12-13,16H,7-8H2,1-3H3/t12-,13+/m0/s1. The SMILES string of the molecule is CSC(C)(C)[C@H]1CC[C@@H](c2cccc(F)c2)N1. The van der Waals surface area contributed by atoms with E-state index in [0.29, 0.717) is 12.1 Å². The fraction of sp³-hybridized carbons (Fsp3) is 0.571. The summed E-state index contributed by atoms with van der Waals surface area (Å²) in [6, 6.07) is 7.76. The van der Waals surface area contributed by atoms with Crippen molar-refractivity contribution in [1.29, 1.82) is 0 Å². The maximum atomic E-state index is 13.2. The average molecular weight is 253 g/mol. The quantitative estimate of drug-likeness (QED) is 0.880. The zero-order valence-electron chi connectivity index (χ0n) is 10.7. The van der Waals surface area contributed by atoms with Crippen LogP contribution in [-0.2, 0) is 0 Å².